The number of amides is 1. The third kappa shape index (κ3) is 1.64. The van der Waals surface area contributed by atoms with Gasteiger partial charge >= 0.3 is 0 Å². The van der Waals surface area contributed by atoms with Gasteiger partial charge in [-0.25, -0.2) is 0 Å². The van der Waals surface area contributed by atoms with Gasteiger partial charge in [0.1, 0.15) is 6.26 Å². The van der Waals surface area contributed by atoms with Gasteiger partial charge in [-0.3, -0.25) is 4.79 Å². The molecule has 0 saturated heterocycles. The van der Waals surface area contributed by atoms with Crippen LogP contribution in [0.15, 0.2) is 12.0 Å². The summed E-state index contributed by atoms with van der Waals surface area (Å²) < 4.78 is 0. The molecule has 0 aliphatic rings. The first-order chi connectivity index (χ1) is 3.18. The Morgan fingerprint density at radius 1 is 1.71 bits per heavy atom. The molecule has 0 saturated carbocycles. The zero-order chi connectivity index (χ0) is 5.86. The number of rotatable bonds is 1. The lowest BCUT2D eigenvalue weighted by Crippen LogP contribution is -2.12. The summed E-state index contributed by atoms with van der Waals surface area (Å²) >= 11 is 0. The first-order valence-electron chi connectivity index (χ1n) is 1.51. The minimum atomic E-state index is -1.04. The molecule has 4 nitrogen and oxygen atoms in total. The molecular formula is C3H5NO3. The van der Waals surface area contributed by atoms with E-state index in [2.05, 4.69) is 5.73 Å². The van der Waals surface area contributed by atoms with Crippen molar-refractivity contribution in [3.05, 3.63) is 12.0 Å². The van der Waals surface area contributed by atoms with Crippen molar-refractivity contribution in [2.45, 2.75) is 0 Å². The van der Waals surface area contributed by atoms with Gasteiger partial charge in [0.15, 0.2) is 0 Å². The first kappa shape index (κ1) is 5.81. The van der Waals surface area contributed by atoms with Crippen LogP contribution in [0.4, 0.5) is 0 Å². The average molecular weight is 103 g/mol. The predicted octanol–water partition coefficient (Wildman–Crippen LogP) is -0.571. The summed E-state index contributed by atoms with van der Waals surface area (Å²) in [7, 11) is 0. The van der Waals surface area contributed by atoms with Gasteiger partial charge in [-0.05, 0) is 0 Å². The van der Waals surface area contributed by atoms with Crippen molar-refractivity contribution in [1.82, 2.24) is 0 Å². The van der Waals surface area contributed by atoms with E-state index in [9.17, 15) is 4.79 Å². The summed E-state index contributed by atoms with van der Waals surface area (Å²) in [5.41, 5.74) is 4.43. The Kier molecular flexibility index (Phi) is 1.72. The molecule has 1 amide bonds. The number of hydrogen-bond donors (Lipinski definition) is 3. The van der Waals surface area contributed by atoms with Crippen molar-refractivity contribution in [2.24, 2.45) is 5.73 Å². The Balaban J connectivity index is 3.82. The zero-order valence-corrected chi connectivity index (χ0v) is 3.46. The third-order valence-electron chi connectivity index (χ3n) is 0.375. The second-order valence-electron chi connectivity index (χ2n) is 0.879. The van der Waals surface area contributed by atoms with E-state index in [0.29, 0.717) is 0 Å². The summed E-state index contributed by atoms with van der Waals surface area (Å²) in [6.45, 7) is 0. The zero-order valence-electron chi connectivity index (χ0n) is 3.46. The number of aliphatic hydroxyl groups excluding tert-OH is 2. The fraction of sp³-hybridized carbons (Fsp3) is 0. The molecular weight excluding hydrogens is 98.0 g/mol. The molecule has 0 aromatic heterocycles. The largest absolute Gasteiger partial charge is 0.512 e. The molecule has 0 rings (SSSR count). The van der Waals surface area contributed by atoms with Crippen molar-refractivity contribution in [2.75, 3.05) is 0 Å². The van der Waals surface area contributed by atoms with Crippen LogP contribution in [0.2, 0.25) is 0 Å². The van der Waals surface area contributed by atoms with E-state index in [1.807, 2.05) is 0 Å². The predicted molar refractivity (Wildman–Crippen MR) is 22.5 cm³/mol. The standard InChI is InChI=1S/C3H5NO3/c4-3(7)2(6)1-5/h1,5-6H,(H2,4,7)/b2-1-. The quantitative estimate of drug-likeness (QED) is 0.307. The highest BCUT2D eigenvalue weighted by atomic mass is 16.3. The van der Waals surface area contributed by atoms with Crippen LogP contribution in [0, 0.1) is 0 Å². The number of hydrogen-bond acceptors (Lipinski definition) is 3. The van der Waals surface area contributed by atoms with Crippen LogP contribution in [0.3, 0.4) is 0 Å². The summed E-state index contributed by atoms with van der Waals surface area (Å²) in [6, 6.07) is 0. The molecule has 7 heavy (non-hydrogen) atoms. The van der Waals surface area contributed by atoms with Gasteiger partial charge in [0.25, 0.3) is 5.91 Å². The molecule has 4 heteroatoms. The lowest BCUT2D eigenvalue weighted by Gasteiger charge is -1.84. The molecule has 4 N–H and O–H groups in total. The summed E-state index contributed by atoms with van der Waals surface area (Å²) in [4.78, 5) is 9.67. The van der Waals surface area contributed by atoms with Gasteiger partial charge < -0.3 is 15.9 Å². The molecule has 0 fully saturated rings. The lowest BCUT2D eigenvalue weighted by atomic mass is 10.5. The molecule has 0 atom stereocenters. The molecule has 0 radical (unpaired) electrons. The second kappa shape index (κ2) is 2.07. The molecule has 0 aliphatic heterocycles. The number of primary amides is 1. The van der Waals surface area contributed by atoms with Crippen LogP contribution in [0.5, 0.6) is 0 Å². The van der Waals surface area contributed by atoms with Crippen LogP contribution in [0.25, 0.3) is 0 Å². The average Bonchev–Trinajstić information content (AvgIpc) is 1.65. The van der Waals surface area contributed by atoms with E-state index in [0.717, 1.165) is 0 Å². The maximum Gasteiger partial charge on any atom is 0.286 e. The Labute approximate surface area is 39.9 Å². The summed E-state index contributed by atoms with van der Waals surface area (Å²) in [6.07, 6.45) is 0.238. The van der Waals surface area contributed by atoms with Crippen molar-refractivity contribution in [3.63, 3.8) is 0 Å². The summed E-state index contributed by atoms with van der Waals surface area (Å²) in [5, 5.41) is 15.9. The Hall–Kier alpha value is -1.19. The van der Waals surface area contributed by atoms with Crippen molar-refractivity contribution >= 4 is 5.91 Å². The number of carbonyl (C=O) groups excluding carboxylic acids is 1. The molecule has 0 bridgehead atoms. The molecule has 0 unspecified atom stereocenters. The van der Waals surface area contributed by atoms with Gasteiger partial charge in [-0.1, -0.05) is 0 Å². The molecule has 0 aliphatic carbocycles. The van der Waals surface area contributed by atoms with Gasteiger partial charge in [0.05, 0.1) is 0 Å². The van der Waals surface area contributed by atoms with Gasteiger partial charge in [-0.2, -0.15) is 0 Å². The molecule has 0 aromatic carbocycles. The molecule has 40 valence electrons. The van der Waals surface area contributed by atoms with Gasteiger partial charge in [-0.15, -0.1) is 0 Å². The topological polar surface area (TPSA) is 83.6 Å². The monoisotopic (exact) mass is 103 g/mol. The molecule has 0 spiro atoms. The van der Waals surface area contributed by atoms with E-state index in [-0.39, 0.29) is 6.26 Å². The Bertz CT molecular complexity index is 107. The first-order valence-corrected chi connectivity index (χ1v) is 1.51. The second-order valence-corrected chi connectivity index (χ2v) is 0.879. The smallest absolute Gasteiger partial charge is 0.286 e. The minimum Gasteiger partial charge on any atom is -0.512 e. The summed E-state index contributed by atoms with van der Waals surface area (Å²) in [5.74, 6) is -1.87. The SMILES string of the molecule is NC(=O)/C(O)=C/O. The van der Waals surface area contributed by atoms with Crippen LogP contribution < -0.4 is 5.73 Å². The highest BCUT2D eigenvalue weighted by Crippen LogP contribution is 1.78. The van der Waals surface area contributed by atoms with Crippen molar-refractivity contribution in [1.29, 1.82) is 0 Å². The van der Waals surface area contributed by atoms with Crippen LogP contribution in [0.1, 0.15) is 0 Å². The van der Waals surface area contributed by atoms with E-state index >= 15 is 0 Å². The minimum absolute atomic E-state index is 0.238. The van der Waals surface area contributed by atoms with Gasteiger partial charge in [0.2, 0.25) is 5.76 Å². The van der Waals surface area contributed by atoms with Crippen LogP contribution in [-0.2, 0) is 4.79 Å². The van der Waals surface area contributed by atoms with E-state index in [1.54, 1.807) is 0 Å². The van der Waals surface area contributed by atoms with Gasteiger partial charge in [0, 0.05) is 0 Å². The number of nitrogens with two attached hydrogens (primary N) is 1. The maximum absolute atomic E-state index is 9.67. The lowest BCUT2D eigenvalue weighted by molar-refractivity contribution is -0.117. The van der Waals surface area contributed by atoms with Crippen molar-refractivity contribution in [3.8, 4) is 0 Å². The highest BCUT2D eigenvalue weighted by Gasteiger charge is 1.96. The van der Waals surface area contributed by atoms with Crippen LogP contribution in [-0.4, -0.2) is 16.1 Å². The third-order valence-corrected chi connectivity index (χ3v) is 0.375. The normalized spacial score (nSPS) is 11.1. The highest BCUT2D eigenvalue weighted by molar-refractivity contribution is 5.88. The fourth-order valence-corrected chi connectivity index (χ4v) is 0.0636. The molecule has 0 heterocycles. The number of carbonyl (C=O) groups is 1. The maximum atomic E-state index is 9.67. The van der Waals surface area contributed by atoms with E-state index in [4.69, 9.17) is 10.2 Å². The molecule has 0 aromatic rings. The fourth-order valence-electron chi connectivity index (χ4n) is 0.0636. The number of aliphatic hydroxyl groups is 2. The van der Waals surface area contributed by atoms with E-state index < -0.39 is 11.7 Å². The van der Waals surface area contributed by atoms with Crippen LogP contribution >= 0.6 is 0 Å². The Morgan fingerprint density at radius 3 is 2.14 bits per heavy atom. The Morgan fingerprint density at radius 2 is 2.14 bits per heavy atom. The van der Waals surface area contributed by atoms with E-state index in [1.165, 1.54) is 0 Å². The van der Waals surface area contributed by atoms with Crippen molar-refractivity contribution < 1.29 is 15.0 Å².